The first-order valence-electron chi connectivity index (χ1n) is 8.43. The normalized spacial score (nSPS) is 16.0. The van der Waals surface area contributed by atoms with Crippen LogP contribution in [0.3, 0.4) is 0 Å². The van der Waals surface area contributed by atoms with Crippen molar-refractivity contribution in [2.75, 3.05) is 31.9 Å². The molecule has 1 aliphatic heterocycles. The van der Waals surface area contributed by atoms with Crippen LogP contribution in [-0.2, 0) is 21.2 Å². The Morgan fingerprint density at radius 2 is 1.77 bits per heavy atom. The molecule has 0 spiro atoms. The fourth-order valence-corrected chi connectivity index (χ4v) is 4.95. The number of rotatable bonds is 6. The second-order valence-electron chi connectivity index (χ2n) is 6.31. The first-order chi connectivity index (χ1) is 12.4. The van der Waals surface area contributed by atoms with E-state index >= 15 is 0 Å². The summed E-state index contributed by atoms with van der Waals surface area (Å²) in [5.41, 5.74) is 1.30. The van der Waals surface area contributed by atoms with Gasteiger partial charge in [0, 0.05) is 44.2 Å². The molecule has 1 saturated heterocycles. The molecule has 0 bridgehead atoms. The summed E-state index contributed by atoms with van der Waals surface area (Å²) in [5.74, 6) is -0.277. The Balaban J connectivity index is 1.47. The summed E-state index contributed by atoms with van der Waals surface area (Å²) in [7, 11) is -3.47. The second-order valence-corrected chi connectivity index (χ2v) is 9.64. The first-order valence-corrected chi connectivity index (χ1v) is 11.4. The minimum absolute atomic E-state index is 0.00941. The lowest BCUT2D eigenvalue weighted by Gasteiger charge is -2.34. The number of carbonyl (C=O) groups excluding carboxylic acids is 1. The zero-order valence-electron chi connectivity index (χ0n) is 14.3. The van der Waals surface area contributed by atoms with Gasteiger partial charge in [0.2, 0.25) is 5.91 Å². The third-order valence-electron chi connectivity index (χ3n) is 4.47. The van der Waals surface area contributed by atoms with Crippen molar-refractivity contribution in [2.45, 2.75) is 17.9 Å². The molecule has 8 heteroatoms. The molecule has 0 unspecified atom stereocenters. The largest absolute Gasteiger partial charge is 0.340 e. The Hall–Kier alpha value is -1.41. The molecular formula is C18H21ClN2O3S2. The number of carbonyl (C=O) groups is 1. The van der Waals surface area contributed by atoms with Crippen LogP contribution in [0.15, 0.2) is 46.0 Å². The molecule has 1 aliphatic rings. The van der Waals surface area contributed by atoms with Gasteiger partial charge in [-0.05, 0) is 46.7 Å². The van der Waals surface area contributed by atoms with Gasteiger partial charge in [-0.1, -0.05) is 11.6 Å². The van der Waals surface area contributed by atoms with Crippen LogP contribution < -0.4 is 0 Å². The molecule has 5 nitrogen and oxygen atoms in total. The average molecular weight is 413 g/mol. The van der Waals surface area contributed by atoms with Crippen LogP contribution in [0.4, 0.5) is 0 Å². The van der Waals surface area contributed by atoms with Crippen molar-refractivity contribution in [3.8, 4) is 0 Å². The molecule has 1 amide bonds. The van der Waals surface area contributed by atoms with Crippen LogP contribution in [0.1, 0.15) is 12.0 Å². The highest BCUT2D eigenvalue weighted by Gasteiger charge is 2.23. The highest BCUT2D eigenvalue weighted by Crippen LogP contribution is 2.17. The molecule has 26 heavy (non-hydrogen) atoms. The van der Waals surface area contributed by atoms with E-state index in [2.05, 4.69) is 21.7 Å². The summed E-state index contributed by atoms with van der Waals surface area (Å²) >= 11 is 7.47. The van der Waals surface area contributed by atoms with E-state index in [-0.39, 0.29) is 23.0 Å². The van der Waals surface area contributed by atoms with Gasteiger partial charge in [-0.25, -0.2) is 8.42 Å². The third-order valence-corrected chi connectivity index (χ3v) is 7.18. The van der Waals surface area contributed by atoms with Gasteiger partial charge in [-0.15, -0.1) is 0 Å². The number of thiophene rings is 1. The highest BCUT2D eigenvalue weighted by atomic mass is 35.5. The van der Waals surface area contributed by atoms with Crippen molar-refractivity contribution >= 4 is 38.7 Å². The number of benzene rings is 1. The number of amides is 1. The van der Waals surface area contributed by atoms with E-state index < -0.39 is 9.84 Å². The predicted octanol–water partition coefficient (Wildman–Crippen LogP) is 2.91. The van der Waals surface area contributed by atoms with Crippen LogP contribution in [0.25, 0.3) is 0 Å². The van der Waals surface area contributed by atoms with Gasteiger partial charge in [0.1, 0.15) is 0 Å². The SMILES string of the molecule is O=C(CCS(=O)(=O)c1ccc(Cl)cc1)N1CCN(Cc2ccsc2)CC1. The maximum atomic E-state index is 12.4. The van der Waals surface area contributed by atoms with Crippen molar-refractivity contribution in [2.24, 2.45) is 0 Å². The van der Waals surface area contributed by atoms with E-state index in [9.17, 15) is 13.2 Å². The van der Waals surface area contributed by atoms with E-state index in [1.165, 1.54) is 17.7 Å². The molecule has 2 heterocycles. The van der Waals surface area contributed by atoms with E-state index in [4.69, 9.17) is 11.6 Å². The van der Waals surface area contributed by atoms with Gasteiger partial charge < -0.3 is 4.90 Å². The third kappa shape index (κ3) is 5.07. The summed E-state index contributed by atoms with van der Waals surface area (Å²) in [4.78, 5) is 16.7. The standard InChI is InChI=1S/C18H21ClN2O3S2/c19-16-1-3-17(4-2-16)26(23,24)12-6-18(22)21-9-7-20(8-10-21)13-15-5-11-25-14-15/h1-5,11,14H,6-10,12-13H2. The fraction of sp³-hybridized carbons (Fsp3) is 0.389. The minimum Gasteiger partial charge on any atom is -0.340 e. The van der Waals surface area contributed by atoms with Gasteiger partial charge >= 0.3 is 0 Å². The topological polar surface area (TPSA) is 57.7 Å². The number of piperazine rings is 1. The lowest BCUT2D eigenvalue weighted by molar-refractivity contribution is -0.132. The maximum absolute atomic E-state index is 12.4. The van der Waals surface area contributed by atoms with Crippen LogP contribution >= 0.6 is 22.9 Å². The summed E-state index contributed by atoms with van der Waals surface area (Å²) in [6.45, 7) is 3.81. The minimum atomic E-state index is -3.47. The van der Waals surface area contributed by atoms with Gasteiger partial charge in [0.25, 0.3) is 0 Å². The molecule has 1 fully saturated rings. The first kappa shape index (κ1) is 19.4. The monoisotopic (exact) mass is 412 g/mol. The maximum Gasteiger partial charge on any atom is 0.223 e. The van der Waals surface area contributed by atoms with E-state index in [0.29, 0.717) is 18.1 Å². The lowest BCUT2D eigenvalue weighted by atomic mass is 10.2. The Labute approximate surface area is 163 Å². The molecule has 1 aromatic carbocycles. The Kier molecular flexibility index (Phi) is 6.34. The number of sulfone groups is 1. The van der Waals surface area contributed by atoms with Gasteiger partial charge in [-0.2, -0.15) is 11.3 Å². The number of hydrogen-bond donors (Lipinski definition) is 0. The molecule has 0 aliphatic carbocycles. The summed E-state index contributed by atoms with van der Waals surface area (Å²) in [5, 5.41) is 4.69. The van der Waals surface area contributed by atoms with Crippen molar-refractivity contribution < 1.29 is 13.2 Å². The van der Waals surface area contributed by atoms with E-state index in [1.54, 1.807) is 28.4 Å². The summed E-state index contributed by atoms with van der Waals surface area (Å²) < 4.78 is 24.7. The molecule has 0 atom stereocenters. The molecule has 0 radical (unpaired) electrons. The molecule has 3 rings (SSSR count). The van der Waals surface area contributed by atoms with E-state index in [0.717, 1.165) is 19.6 Å². The zero-order valence-corrected chi connectivity index (χ0v) is 16.7. The van der Waals surface area contributed by atoms with Crippen molar-refractivity contribution in [1.82, 2.24) is 9.80 Å². The van der Waals surface area contributed by atoms with Crippen LogP contribution in [0.2, 0.25) is 5.02 Å². The van der Waals surface area contributed by atoms with Gasteiger partial charge in [-0.3, -0.25) is 9.69 Å². The molecule has 140 valence electrons. The molecule has 2 aromatic rings. The van der Waals surface area contributed by atoms with Gasteiger partial charge in [0.05, 0.1) is 10.6 Å². The quantitative estimate of drug-likeness (QED) is 0.732. The summed E-state index contributed by atoms with van der Waals surface area (Å²) in [6, 6.07) is 8.16. The van der Waals surface area contributed by atoms with Crippen LogP contribution in [0, 0.1) is 0 Å². The molecule has 0 saturated carbocycles. The number of hydrogen-bond acceptors (Lipinski definition) is 5. The highest BCUT2D eigenvalue weighted by molar-refractivity contribution is 7.91. The van der Waals surface area contributed by atoms with E-state index in [1.807, 2.05) is 0 Å². The predicted molar refractivity (Wildman–Crippen MR) is 104 cm³/mol. The van der Waals surface area contributed by atoms with Crippen LogP contribution in [0.5, 0.6) is 0 Å². The fourth-order valence-electron chi connectivity index (χ4n) is 2.94. The Morgan fingerprint density at radius 3 is 2.38 bits per heavy atom. The molecule has 1 aromatic heterocycles. The lowest BCUT2D eigenvalue weighted by Crippen LogP contribution is -2.48. The number of nitrogens with zero attached hydrogens (tertiary/aromatic N) is 2. The average Bonchev–Trinajstić information content (AvgIpc) is 3.14. The Morgan fingerprint density at radius 1 is 1.08 bits per heavy atom. The van der Waals surface area contributed by atoms with Gasteiger partial charge in [0.15, 0.2) is 9.84 Å². The molecule has 0 N–H and O–H groups in total. The Bertz CT molecular complexity index is 828. The van der Waals surface area contributed by atoms with Crippen LogP contribution in [-0.4, -0.2) is 56.1 Å². The number of halogens is 1. The second kappa shape index (κ2) is 8.52. The van der Waals surface area contributed by atoms with Crippen molar-refractivity contribution in [3.05, 3.63) is 51.7 Å². The van der Waals surface area contributed by atoms with Crippen molar-refractivity contribution in [3.63, 3.8) is 0 Å². The zero-order chi connectivity index (χ0) is 18.6. The molecular weight excluding hydrogens is 392 g/mol. The van der Waals surface area contributed by atoms with Crippen molar-refractivity contribution in [1.29, 1.82) is 0 Å². The smallest absolute Gasteiger partial charge is 0.223 e. The summed E-state index contributed by atoms with van der Waals surface area (Å²) in [6.07, 6.45) is 0.00941.